The molecule has 0 aliphatic rings. The van der Waals surface area contributed by atoms with E-state index in [-0.39, 0.29) is 17.8 Å². The molecule has 0 aliphatic heterocycles. The van der Waals surface area contributed by atoms with Crippen molar-refractivity contribution < 1.29 is 14.3 Å². The van der Waals surface area contributed by atoms with Crippen molar-refractivity contribution in [2.75, 3.05) is 20.1 Å². The maximum absolute atomic E-state index is 11.3. The average molecular weight is 272 g/mol. The summed E-state index contributed by atoms with van der Waals surface area (Å²) in [6, 6.07) is 3.63. The number of hydrogen-bond donors (Lipinski definition) is 1. The molecule has 1 atom stereocenters. The summed E-state index contributed by atoms with van der Waals surface area (Å²) in [5.74, 6) is 1.08. The van der Waals surface area contributed by atoms with Gasteiger partial charge in [-0.1, -0.05) is 0 Å². The lowest BCUT2D eigenvalue weighted by atomic mass is 10.0. The Morgan fingerprint density at radius 1 is 1.33 bits per heavy atom. The van der Waals surface area contributed by atoms with Crippen LogP contribution in [0, 0.1) is 6.92 Å². The lowest BCUT2D eigenvalue weighted by Gasteiger charge is -2.18. The summed E-state index contributed by atoms with van der Waals surface area (Å²) in [6.07, 6.45) is 0. The third-order valence-corrected chi connectivity index (χ3v) is 2.98. The third kappa shape index (κ3) is 3.29. The van der Waals surface area contributed by atoms with E-state index in [2.05, 4.69) is 5.32 Å². The van der Waals surface area contributed by atoms with E-state index in [1.54, 1.807) is 14.2 Å². The summed E-state index contributed by atoms with van der Waals surface area (Å²) in [5, 5.41) is 2.81. The second-order valence-electron chi connectivity index (χ2n) is 3.99. The van der Waals surface area contributed by atoms with Crippen molar-refractivity contribution in [1.29, 1.82) is 0 Å². The molecule has 1 aromatic carbocycles. The Bertz CT molecular complexity index is 434. The molecule has 0 spiro atoms. The number of hydrogen-bond acceptors (Lipinski definition) is 3. The Balaban J connectivity index is 3.05. The average Bonchev–Trinajstić information content (AvgIpc) is 2.37. The maximum Gasteiger partial charge on any atom is 0.235 e. The molecule has 18 heavy (non-hydrogen) atoms. The van der Waals surface area contributed by atoms with Crippen LogP contribution in [0.25, 0.3) is 0 Å². The van der Waals surface area contributed by atoms with Crippen molar-refractivity contribution in [3.63, 3.8) is 0 Å². The van der Waals surface area contributed by atoms with E-state index >= 15 is 0 Å². The van der Waals surface area contributed by atoms with Crippen LogP contribution < -0.4 is 14.8 Å². The lowest BCUT2D eigenvalue weighted by Crippen LogP contribution is -2.28. The van der Waals surface area contributed by atoms with Gasteiger partial charge < -0.3 is 14.8 Å². The maximum atomic E-state index is 11.3. The Labute approximate surface area is 112 Å². The monoisotopic (exact) mass is 271 g/mol. The molecule has 0 saturated heterocycles. The van der Waals surface area contributed by atoms with Crippen LogP contribution >= 0.6 is 11.6 Å². The van der Waals surface area contributed by atoms with Crippen LogP contribution in [0.15, 0.2) is 12.1 Å². The summed E-state index contributed by atoms with van der Waals surface area (Å²) in [4.78, 5) is 11.3. The number of benzene rings is 1. The van der Waals surface area contributed by atoms with E-state index in [0.29, 0.717) is 11.5 Å². The molecule has 4 nitrogen and oxygen atoms in total. The second-order valence-corrected chi connectivity index (χ2v) is 4.25. The Morgan fingerprint density at radius 2 is 1.89 bits per heavy atom. The predicted octanol–water partition coefficient (Wildman–Crippen LogP) is 2.43. The first-order chi connectivity index (χ1) is 8.53. The third-order valence-electron chi connectivity index (χ3n) is 2.74. The molecule has 0 radical (unpaired) electrons. The van der Waals surface area contributed by atoms with E-state index in [1.807, 2.05) is 26.0 Å². The fraction of sp³-hybridized carbons (Fsp3) is 0.462. The zero-order valence-electron chi connectivity index (χ0n) is 11.0. The molecule has 0 bridgehead atoms. The number of alkyl halides is 1. The van der Waals surface area contributed by atoms with Crippen LogP contribution in [0.4, 0.5) is 0 Å². The minimum absolute atomic E-state index is 0.0450. The van der Waals surface area contributed by atoms with Crippen molar-refractivity contribution in [2.45, 2.75) is 19.9 Å². The molecular formula is C13H18ClNO3. The standard InChI is InChI=1S/C13H18ClNO3/c1-8-5-11(17-3)12(18-4)6-10(8)9(2)15-13(16)7-14/h5-6,9H,7H2,1-4H3,(H,15,16)/t9-/m1/s1. The first kappa shape index (κ1) is 14.6. The van der Waals surface area contributed by atoms with Gasteiger partial charge in [0.1, 0.15) is 5.88 Å². The summed E-state index contributed by atoms with van der Waals surface area (Å²) >= 11 is 5.47. The van der Waals surface area contributed by atoms with Gasteiger partial charge in [0.2, 0.25) is 5.91 Å². The fourth-order valence-electron chi connectivity index (χ4n) is 1.82. The summed E-state index contributed by atoms with van der Waals surface area (Å²) in [7, 11) is 3.18. The van der Waals surface area contributed by atoms with Crippen LogP contribution in [-0.2, 0) is 4.79 Å². The molecule has 0 saturated carbocycles. The second kappa shape index (κ2) is 6.50. The quantitative estimate of drug-likeness (QED) is 0.837. The SMILES string of the molecule is COc1cc(C)c([C@@H](C)NC(=O)CCl)cc1OC. The molecular weight excluding hydrogens is 254 g/mol. The van der Waals surface area contributed by atoms with Gasteiger partial charge in [0, 0.05) is 0 Å². The predicted molar refractivity (Wildman–Crippen MR) is 71.6 cm³/mol. The fourth-order valence-corrected chi connectivity index (χ4v) is 1.90. The zero-order chi connectivity index (χ0) is 13.7. The Kier molecular flexibility index (Phi) is 5.28. The van der Waals surface area contributed by atoms with Gasteiger partial charge in [0.15, 0.2) is 11.5 Å². The van der Waals surface area contributed by atoms with Crippen molar-refractivity contribution >= 4 is 17.5 Å². The summed E-state index contributed by atoms with van der Waals surface area (Å²) < 4.78 is 10.5. The number of rotatable bonds is 5. The lowest BCUT2D eigenvalue weighted by molar-refractivity contribution is -0.119. The summed E-state index contributed by atoms with van der Waals surface area (Å²) in [5.41, 5.74) is 2.00. The first-order valence-electron chi connectivity index (χ1n) is 5.61. The van der Waals surface area contributed by atoms with E-state index in [1.165, 1.54) is 0 Å². The highest BCUT2D eigenvalue weighted by atomic mass is 35.5. The minimum Gasteiger partial charge on any atom is -0.493 e. The summed E-state index contributed by atoms with van der Waals surface area (Å²) in [6.45, 7) is 3.86. The van der Waals surface area contributed by atoms with Crippen LogP contribution in [0.2, 0.25) is 0 Å². The van der Waals surface area contributed by atoms with Gasteiger partial charge >= 0.3 is 0 Å². The molecule has 0 heterocycles. The van der Waals surface area contributed by atoms with Crippen molar-refractivity contribution in [3.05, 3.63) is 23.3 Å². The van der Waals surface area contributed by atoms with Crippen LogP contribution in [-0.4, -0.2) is 26.0 Å². The normalized spacial score (nSPS) is 11.8. The molecule has 1 rings (SSSR count). The first-order valence-corrected chi connectivity index (χ1v) is 6.14. The molecule has 1 amide bonds. The number of aryl methyl sites for hydroxylation is 1. The molecule has 0 fully saturated rings. The minimum atomic E-state index is -0.196. The Hall–Kier alpha value is -1.42. The van der Waals surface area contributed by atoms with Crippen molar-refractivity contribution in [3.8, 4) is 11.5 Å². The highest BCUT2D eigenvalue weighted by molar-refractivity contribution is 6.27. The molecule has 5 heteroatoms. The van der Waals surface area contributed by atoms with Gasteiger partial charge in [0.05, 0.1) is 20.3 Å². The number of carbonyl (C=O) groups excluding carboxylic acids is 1. The van der Waals surface area contributed by atoms with Crippen LogP contribution in [0.5, 0.6) is 11.5 Å². The van der Waals surface area contributed by atoms with Gasteiger partial charge in [-0.3, -0.25) is 4.79 Å². The largest absolute Gasteiger partial charge is 0.493 e. The zero-order valence-corrected chi connectivity index (χ0v) is 11.8. The number of halogens is 1. The van der Waals surface area contributed by atoms with Gasteiger partial charge in [-0.2, -0.15) is 0 Å². The Morgan fingerprint density at radius 3 is 2.39 bits per heavy atom. The van der Waals surface area contributed by atoms with E-state index in [4.69, 9.17) is 21.1 Å². The molecule has 0 aromatic heterocycles. The van der Waals surface area contributed by atoms with E-state index < -0.39 is 0 Å². The topological polar surface area (TPSA) is 47.6 Å². The van der Waals surface area contributed by atoms with Crippen molar-refractivity contribution in [1.82, 2.24) is 5.32 Å². The van der Waals surface area contributed by atoms with Gasteiger partial charge in [-0.15, -0.1) is 11.6 Å². The molecule has 1 N–H and O–H groups in total. The van der Waals surface area contributed by atoms with Gasteiger partial charge in [-0.05, 0) is 37.1 Å². The van der Waals surface area contributed by atoms with E-state index in [0.717, 1.165) is 11.1 Å². The van der Waals surface area contributed by atoms with Crippen molar-refractivity contribution in [2.24, 2.45) is 0 Å². The number of carbonyl (C=O) groups is 1. The molecule has 0 aliphatic carbocycles. The van der Waals surface area contributed by atoms with Crippen LogP contribution in [0.3, 0.4) is 0 Å². The number of nitrogens with one attached hydrogen (secondary N) is 1. The smallest absolute Gasteiger partial charge is 0.235 e. The number of methoxy groups -OCH3 is 2. The highest BCUT2D eigenvalue weighted by Crippen LogP contribution is 2.32. The number of ether oxygens (including phenoxy) is 2. The molecule has 1 aromatic rings. The van der Waals surface area contributed by atoms with Gasteiger partial charge in [-0.25, -0.2) is 0 Å². The van der Waals surface area contributed by atoms with Crippen LogP contribution in [0.1, 0.15) is 24.1 Å². The number of amides is 1. The van der Waals surface area contributed by atoms with Gasteiger partial charge in [0.25, 0.3) is 0 Å². The molecule has 100 valence electrons. The van der Waals surface area contributed by atoms with E-state index in [9.17, 15) is 4.79 Å². The molecule has 0 unspecified atom stereocenters. The highest BCUT2D eigenvalue weighted by Gasteiger charge is 2.15.